The van der Waals surface area contributed by atoms with Crippen LogP contribution in [0.3, 0.4) is 0 Å². The van der Waals surface area contributed by atoms with E-state index in [9.17, 15) is 0 Å². The van der Waals surface area contributed by atoms with Crippen LogP contribution in [0.25, 0.3) is 5.57 Å². The zero-order valence-electron chi connectivity index (χ0n) is 8.12. The number of hydrogen-bond donors (Lipinski definition) is 1. The molecular weight excluding hydrogens is 158 g/mol. The lowest BCUT2D eigenvalue weighted by Crippen LogP contribution is -1.83. The third-order valence-electron chi connectivity index (χ3n) is 1.97. The normalized spacial score (nSPS) is 12.3. The predicted octanol–water partition coefficient (Wildman–Crippen LogP) is 2.87. The van der Waals surface area contributed by atoms with Gasteiger partial charge in [-0.25, -0.2) is 0 Å². The third kappa shape index (κ3) is 2.48. The Hall–Kier alpha value is -1.50. The van der Waals surface area contributed by atoms with Gasteiger partial charge in [-0.1, -0.05) is 35.9 Å². The highest BCUT2D eigenvalue weighted by Crippen LogP contribution is 2.15. The molecule has 0 saturated heterocycles. The van der Waals surface area contributed by atoms with Crippen LogP contribution in [0.4, 0.5) is 0 Å². The van der Waals surface area contributed by atoms with Crippen LogP contribution in [-0.4, -0.2) is 0 Å². The van der Waals surface area contributed by atoms with E-state index in [1.54, 1.807) is 6.20 Å². The van der Waals surface area contributed by atoms with Crippen LogP contribution in [0.2, 0.25) is 0 Å². The van der Waals surface area contributed by atoms with E-state index < -0.39 is 0 Å². The first-order valence-electron chi connectivity index (χ1n) is 4.39. The number of aryl methyl sites for hydroxylation is 1. The Morgan fingerprint density at radius 2 is 1.85 bits per heavy atom. The van der Waals surface area contributed by atoms with Crippen molar-refractivity contribution in [2.45, 2.75) is 13.8 Å². The molecule has 0 bridgehead atoms. The zero-order valence-corrected chi connectivity index (χ0v) is 8.12. The Kier molecular flexibility index (Phi) is 3.32. The molecule has 0 fully saturated rings. The van der Waals surface area contributed by atoms with Gasteiger partial charge >= 0.3 is 0 Å². The molecule has 0 atom stereocenters. The van der Waals surface area contributed by atoms with Crippen molar-refractivity contribution in [3.05, 3.63) is 53.7 Å². The fraction of sp³-hybridized carbons (Fsp3) is 0.167. The van der Waals surface area contributed by atoms with Gasteiger partial charge in [-0.15, -0.1) is 0 Å². The van der Waals surface area contributed by atoms with Gasteiger partial charge in [-0.3, -0.25) is 0 Å². The highest BCUT2D eigenvalue weighted by Gasteiger charge is 1.94. The number of benzene rings is 1. The summed E-state index contributed by atoms with van der Waals surface area (Å²) in [6.45, 7) is 4.09. The Morgan fingerprint density at radius 3 is 2.31 bits per heavy atom. The molecule has 13 heavy (non-hydrogen) atoms. The van der Waals surface area contributed by atoms with E-state index in [0.29, 0.717) is 0 Å². The first kappa shape index (κ1) is 9.59. The average Bonchev–Trinajstić information content (AvgIpc) is 2.16. The summed E-state index contributed by atoms with van der Waals surface area (Å²) in [6.07, 6.45) is 5.52. The molecule has 2 N–H and O–H groups in total. The van der Waals surface area contributed by atoms with Gasteiger partial charge in [0.05, 0.1) is 0 Å². The molecule has 1 heteroatoms. The molecule has 0 unspecified atom stereocenters. The highest BCUT2D eigenvalue weighted by molar-refractivity contribution is 5.73. The fourth-order valence-corrected chi connectivity index (χ4v) is 1.21. The molecule has 0 radical (unpaired) electrons. The first-order chi connectivity index (χ1) is 6.27. The van der Waals surface area contributed by atoms with Crippen LogP contribution in [0, 0.1) is 6.92 Å². The minimum absolute atomic E-state index is 1.16. The van der Waals surface area contributed by atoms with Gasteiger partial charge in [-0.2, -0.15) is 0 Å². The Morgan fingerprint density at radius 1 is 1.23 bits per heavy atom. The van der Waals surface area contributed by atoms with Gasteiger partial charge in [0.2, 0.25) is 0 Å². The standard InChI is InChI=1S/C12H15N/c1-3-11(8-9-13)12-6-4-10(2)5-7-12/h3-9H,13H2,1-2H3/b9-8-,11-3+. The van der Waals surface area contributed by atoms with Crippen LogP contribution in [-0.2, 0) is 0 Å². The maximum atomic E-state index is 5.35. The lowest BCUT2D eigenvalue weighted by molar-refractivity contribution is 1.45. The van der Waals surface area contributed by atoms with Crippen molar-refractivity contribution in [1.82, 2.24) is 0 Å². The summed E-state index contributed by atoms with van der Waals surface area (Å²) in [4.78, 5) is 0. The van der Waals surface area contributed by atoms with Gasteiger partial charge in [-0.05, 0) is 37.3 Å². The van der Waals surface area contributed by atoms with Crippen molar-refractivity contribution >= 4 is 5.57 Å². The van der Waals surface area contributed by atoms with Crippen LogP contribution >= 0.6 is 0 Å². The maximum absolute atomic E-state index is 5.35. The molecule has 68 valence electrons. The molecule has 0 amide bonds. The van der Waals surface area contributed by atoms with Crippen LogP contribution in [0.1, 0.15) is 18.1 Å². The fourth-order valence-electron chi connectivity index (χ4n) is 1.21. The predicted molar refractivity (Wildman–Crippen MR) is 58.2 cm³/mol. The van der Waals surface area contributed by atoms with E-state index >= 15 is 0 Å². The van der Waals surface area contributed by atoms with Crippen LogP contribution in [0.5, 0.6) is 0 Å². The number of rotatable bonds is 2. The molecule has 1 aromatic rings. The van der Waals surface area contributed by atoms with E-state index in [2.05, 4.69) is 31.2 Å². The summed E-state index contributed by atoms with van der Waals surface area (Å²) >= 11 is 0. The Bertz CT molecular complexity index is 317. The van der Waals surface area contributed by atoms with E-state index in [-0.39, 0.29) is 0 Å². The molecular formula is C12H15N. The molecule has 1 rings (SSSR count). The molecule has 1 nitrogen and oxygen atoms in total. The van der Waals surface area contributed by atoms with E-state index in [0.717, 1.165) is 5.57 Å². The molecule has 0 aliphatic heterocycles. The average molecular weight is 173 g/mol. The molecule has 0 aliphatic carbocycles. The molecule has 0 aromatic heterocycles. The lowest BCUT2D eigenvalue weighted by atomic mass is 10.0. The third-order valence-corrected chi connectivity index (χ3v) is 1.97. The number of hydrogen-bond acceptors (Lipinski definition) is 1. The molecule has 0 aliphatic rings. The summed E-state index contributed by atoms with van der Waals surface area (Å²) < 4.78 is 0. The van der Waals surface area contributed by atoms with Crippen molar-refractivity contribution < 1.29 is 0 Å². The van der Waals surface area contributed by atoms with Gasteiger partial charge in [0.15, 0.2) is 0 Å². The summed E-state index contributed by atoms with van der Waals surface area (Å²) in [5.41, 5.74) is 8.98. The smallest absolute Gasteiger partial charge is 0.00563 e. The number of nitrogens with two attached hydrogens (primary N) is 1. The van der Waals surface area contributed by atoms with Crippen molar-refractivity contribution in [3.63, 3.8) is 0 Å². The lowest BCUT2D eigenvalue weighted by Gasteiger charge is -2.01. The second kappa shape index (κ2) is 4.51. The number of allylic oxidation sites excluding steroid dienone is 3. The SMILES string of the molecule is C/C=C(\C=C/N)c1ccc(C)cc1. The van der Waals surface area contributed by atoms with Crippen LogP contribution < -0.4 is 5.73 Å². The van der Waals surface area contributed by atoms with Crippen molar-refractivity contribution in [2.75, 3.05) is 0 Å². The summed E-state index contributed by atoms with van der Waals surface area (Å²) in [5, 5.41) is 0. The van der Waals surface area contributed by atoms with Crippen molar-refractivity contribution in [2.24, 2.45) is 5.73 Å². The summed E-state index contributed by atoms with van der Waals surface area (Å²) in [7, 11) is 0. The zero-order chi connectivity index (χ0) is 9.68. The Balaban J connectivity index is 3.00. The second-order valence-corrected chi connectivity index (χ2v) is 2.97. The van der Waals surface area contributed by atoms with Gasteiger partial charge in [0.25, 0.3) is 0 Å². The van der Waals surface area contributed by atoms with Gasteiger partial charge in [0, 0.05) is 0 Å². The minimum Gasteiger partial charge on any atom is -0.405 e. The van der Waals surface area contributed by atoms with E-state index in [1.165, 1.54) is 11.1 Å². The van der Waals surface area contributed by atoms with E-state index in [4.69, 9.17) is 5.73 Å². The van der Waals surface area contributed by atoms with Gasteiger partial charge < -0.3 is 5.73 Å². The molecule has 0 spiro atoms. The molecule has 0 heterocycles. The van der Waals surface area contributed by atoms with Crippen molar-refractivity contribution in [3.8, 4) is 0 Å². The maximum Gasteiger partial charge on any atom is -0.00563 e. The summed E-state index contributed by atoms with van der Waals surface area (Å²) in [5.74, 6) is 0. The topological polar surface area (TPSA) is 26.0 Å². The van der Waals surface area contributed by atoms with Crippen LogP contribution in [0.15, 0.2) is 42.6 Å². The largest absolute Gasteiger partial charge is 0.405 e. The highest BCUT2D eigenvalue weighted by atomic mass is 14.5. The quantitative estimate of drug-likeness (QED) is 0.684. The van der Waals surface area contributed by atoms with Gasteiger partial charge in [0.1, 0.15) is 0 Å². The van der Waals surface area contributed by atoms with E-state index in [1.807, 2.05) is 19.1 Å². The summed E-state index contributed by atoms with van der Waals surface area (Å²) in [6, 6.07) is 8.40. The van der Waals surface area contributed by atoms with Crippen molar-refractivity contribution in [1.29, 1.82) is 0 Å². The Labute approximate surface area is 79.6 Å². The minimum atomic E-state index is 1.16. The second-order valence-electron chi connectivity index (χ2n) is 2.97. The monoisotopic (exact) mass is 173 g/mol. The first-order valence-corrected chi connectivity index (χ1v) is 4.39. The molecule has 1 aromatic carbocycles. The molecule has 0 saturated carbocycles.